The van der Waals surface area contributed by atoms with Crippen molar-refractivity contribution in [3.63, 3.8) is 0 Å². The largest absolute Gasteiger partial charge is 0.344 e. The molecular formula is C14H10BrFN2. The third-order valence-electron chi connectivity index (χ3n) is 2.65. The van der Waals surface area contributed by atoms with Crippen molar-refractivity contribution in [1.29, 1.82) is 5.26 Å². The summed E-state index contributed by atoms with van der Waals surface area (Å²) in [6.45, 7) is 0. The van der Waals surface area contributed by atoms with Crippen LogP contribution in [0.15, 0.2) is 46.9 Å². The molecule has 2 nitrogen and oxygen atoms in total. The molecule has 0 fully saturated rings. The van der Waals surface area contributed by atoms with Gasteiger partial charge in [-0.3, -0.25) is 0 Å². The minimum absolute atomic E-state index is 0.275. The molecule has 0 N–H and O–H groups in total. The van der Waals surface area contributed by atoms with Gasteiger partial charge in [0.25, 0.3) is 0 Å². The van der Waals surface area contributed by atoms with E-state index in [9.17, 15) is 4.39 Å². The molecule has 2 aromatic rings. The summed E-state index contributed by atoms with van der Waals surface area (Å²) < 4.78 is 13.7. The molecule has 0 aliphatic carbocycles. The molecule has 0 atom stereocenters. The van der Waals surface area contributed by atoms with Gasteiger partial charge in [0.15, 0.2) is 0 Å². The van der Waals surface area contributed by atoms with Gasteiger partial charge < -0.3 is 4.90 Å². The Morgan fingerprint density at radius 2 is 1.83 bits per heavy atom. The first-order chi connectivity index (χ1) is 8.61. The van der Waals surface area contributed by atoms with Gasteiger partial charge in [-0.15, -0.1) is 0 Å². The molecule has 0 unspecified atom stereocenters. The van der Waals surface area contributed by atoms with Gasteiger partial charge in [0.2, 0.25) is 0 Å². The molecule has 2 aromatic carbocycles. The average molecular weight is 305 g/mol. The van der Waals surface area contributed by atoms with E-state index in [0.29, 0.717) is 5.56 Å². The van der Waals surface area contributed by atoms with Crippen LogP contribution in [0.1, 0.15) is 5.56 Å². The van der Waals surface area contributed by atoms with Crippen LogP contribution in [0.4, 0.5) is 15.8 Å². The summed E-state index contributed by atoms with van der Waals surface area (Å²) in [6, 6.07) is 13.8. The molecule has 0 aliphatic rings. The van der Waals surface area contributed by atoms with Crippen LogP contribution in [-0.4, -0.2) is 7.05 Å². The van der Waals surface area contributed by atoms with Crippen LogP contribution in [0.3, 0.4) is 0 Å². The number of nitrogens with zero attached hydrogens (tertiary/aromatic N) is 2. The van der Waals surface area contributed by atoms with Crippen LogP contribution < -0.4 is 4.90 Å². The maximum atomic E-state index is 12.9. The topological polar surface area (TPSA) is 27.0 Å². The van der Waals surface area contributed by atoms with E-state index >= 15 is 0 Å². The number of halogens is 2. The molecule has 2 rings (SSSR count). The van der Waals surface area contributed by atoms with Crippen molar-refractivity contribution in [2.75, 3.05) is 11.9 Å². The fraction of sp³-hybridized carbons (Fsp3) is 0.0714. The lowest BCUT2D eigenvalue weighted by atomic mass is 10.1. The van der Waals surface area contributed by atoms with E-state index in [1.54, 1.807) is 18.2 Å². The Bertz CT molecular complexity index is 602. The Morgan fingerprint density at radius 3 is 2.44 bits per heavy atom. The minimum atomic E-state index is -0.275. The third kappa shape index (κ3) is 2.52. The summed E-state index contributed by atoms with van der Waals surface area (Å²) in [5.41, 5.74) is 2.18. The van der Waals surface area contributed by atoms with Crippen LogP contribution in [0.25, 0.3) is 0 Å². The van der Waals surface area contributed by atoms with Gasteiger partial charge in [-0.25, -0.2) is 4.39 Å². The zero-order chi connectivity index (χ0) is 13.1. The molecule has 0 saturated heterocycles. The van der Waals surface area contributed by atoms with Crippen LogP contribution in [0, 0.1) is 17.1 Å². The zero-order valence-corrected chi connectivity index (χ0v) is 11.3. The average Bonchev–Trinajstić information content (AvgIpc) is 2.38. The molecule has 90 valence electrons. The molecule has 0 aromatic heterocycles. The van der Waals surface area contributed by atoms with Gasteiger partial charge in [-0.1, -0.05) is 15.9 Å². The molecule has 0 bridgehead atoms. The molecule has 4 heteroatoms. The monoisotopic (exact) mass is 304 g/mol. The maximum Gasteiger partial charge on any atom is 0.123 e. The second kappa shape index (κ2) is 5.19. The third-order valence-corrected chi connectivity index (χ3v) is 3.15. The SMILES string of the molecule is CN(c1ccc(F)cc1)c1ccc(Br)cc1C#N. The lowest BCUT2D eigenvalue weighted by molar-refractivity contribution is 0.628. The van der Waals surface area contributed by atoms with Gasteiger partial charge in [0.05, 0.1) is 11.3 Å². The first-order valence-corrected chi connectivity index (χ1v) is 6.10. The Balaban J connectivity index is 2.43. The van der Waals surface area contributed by atoms with E-state index in [1.807, 2.05) is 24.1 Å². The Labute approximate surface area is 113 Å². The maximum absolute atomic E-state index is 12.9. The molecule has 18 heavy (non-hydrogen) atoms. The molecule has 0 aliphatic heterocycles. The summed E-state index contributed by atoms with van der Waals surface area (Å²) in [5, 5.41) is 9.13. The van der Waals surface area contributed by atoms with Crippen molar-refractivity contribution in [3.8, 4) is 6.07 Å². The number of hydrogen-bond donors (Lipinski definition) is 0. The quantitative estimate of drug-likeness (QED) is 0.830. The summed E-state index contributed by atoms with van der Waals surface area (Å²) in [6.07, 6.45) is 0. The number of nitriles is 1. The van der Waals surface area contributed by atoms with Gasteiger partial charge in [0.1, 0.15) is 11.9 Å². The van der Waals surface area contributed by atoms with Crippen LogP contribution in [-0.2, 0) is 0 Å². The minimum Gasteiger partial charge on any atom is -0.344 e. The number of anilines is 2. The standard InChI is InChI=1S/C14H10BrFN2/c1-18(13-5-3-12(16)4-6-13)14-7-2-11(15)8-10(14)9-17/h2-8H,1H3. The van der Waals surface area contributed by atoms with Crippen molar-refractivity contribution in [2.45, 2.75) is 0 Å². The highest BCUT2D eigenvalue weighted by atomic mass is 79.9. The highest BCUT2D eigenvalue weighted by Gasteiger charge is 2.09. The second-order valence-electron chi connectivity index (χ2n) is 3.81. The van der Waals surface area contributed by atoms with Crippen molar-refractivity contribution >= 4 is 27.3 Å². The first-order valence-electron chi connectivity index (χ1n) is 5.31. The first kappa shape index (κ1) is 12.6. The predicted octanol–water partition coefficient (Wildman–Crippen LogP) is 4.23. The van der Waals surface area contributed by atoms with E-state index in [4.69, 9.17) is 5.26 Å². The van der Waals surface area contributed by atoms with E-state index in [0.717, 1.165) is 15.8 Å². The van der Waals surface area contributed by atoms with E-state index in [2.05, 4.69) is 22.0 Å². The highest BCUT2D eigenvalue weighted by Crippen LogP contribution is 2.28. The lowest BCUT2D eigenvalue weighted by Gasteiger charge is -2.20. The van der Waals surface area contributed by atoms with Crippen LogP contribution in [0.2, 0.25) is 0 Å². The summed E-state index contributed by atoms with van der Waals surface area (Å²) in [7, 11) is 1.84. The Morgan fingerprint density at radius 1 is 1.17 bits per heavy atom. The van der Waals surface area contributed by atoms with Gasteiger partial charge in [0, 0.05) is 17.2 Å². The van der Waals surface area contributed by atoms with Gasteiger partial charge in [-0.2, -0.15) is 5.26 Å². The number of hydrogen-bond acceptors (Lipinski definition) is 2. The summed E-state index contributed by atoms with van der Waals surface area (Å²) in [5.74, 6) is -0.275. The van der Waals surface area contributed by atoms with Crippen molar-refractivity contribution in [3.05, 3.63) is 58.3 Å². The normalized spacial score (nSPS) is 9.89. The molecule has 0 spiro atoms. The smallest absolute Gasteiger partial charge is 0.123 e. The van der Waals surface area contributed by atoms with Crippen LogP contribution in [0.5, 0.6) is 0 Å². The predicted molar refractivity (Wildman–Crippen MR) is 73.3 cm³/mol. The van der Waals surface area contributed by atoms with Crippen molar-refractivity contribution < 1.29 is 4.39 Å². The summed E-state index contributed by atoms with van der Waals surface area (Å²) in [4.78, 5) is 1.85. The molecule has 0 amide bonds. The molecule has 0 heterocycles. The number of rotatable bonds is 2. The Hall–Kier alpha value is -1.86. The number of benzene rings is 2. The van der Waals surface area contributed by atoms with E-state index in [1.165, 1.54) is 12.1 Å². The summed E-state index contributed by atoms with van der Waals surface area (Å²) >= 11 is 3.33. The second-order valence-corrected chi connectivity index (χ2v) is 4.72. The van der Waals surface area contributed by atoms with E-state index in [-0.39, 0.29) is 5.82 Å². The van der Waals surface area contributed by atoms with Gasteiger partial charge >= 0.3 is 0 Å². The van der Waals surface area contributed by atoms with Gasteiger partial charge in [-0.05, 0) is 42.5 Å². The van der Waals surface area contributed by atoms with Crippen LogP contribution >= 0.6 is 15.9 Å². The van der Waals surface area contributed by atoms with Crippen molar-refractivity contribution in [2.24, 2.45) is 0 Å². The molecule has 0 saturated carbocycles. The Kier molecular flexibility index (Phi) is 3.63. The fourth-order valence-electron chi connectivity index (χ4n) is 1.69. The fourth-order valence-corrected chi connectivity index (χ4v) is 2.06. The molecule has 0 radical (unpaired) electrons. The zero-order valence-electron chi connectivity index (χ0n) is 9.69. The molecular weight excluding hydrogens is 295 g/mol. The van der Waals surface area contributed by atoms with Crippen molar-refractivity contribution in [1.82, 2.24) is 0 Å². The lowest BCUT2D eigenvalue weighted by Crippen LogP contribution is -2.10. The van der Waals surface area contributed by atoms with E-state index < -0.39 is 0 Å². The highest BCUT2D eigenvalue weighted by molar-refractivity contribution is 9.10.